The Balaban J connectivity index is 2.04. The van der Waals surface area contributed by atoms with E-state index in [1.54, 1.807) is 31.2 Å². The van der Waals surface area contributed by atoms with Gasteiger partial charge in [0.1, 0.15) is 5.56 Å². The molecule has 0 aliphatic carbocycles. The van der Waals surface area contributed by atoms with E-state index in [2.05, 4.69) is 15.3 Å². The van der Waals surface area contributed by atoms with Crippen LogP contribution in [0.5, 0.6) is 11.6 Å². The molecule has 0 saturated carbocycles. The highest BCUT2D eigenvalue weighted by Crippen LogP contribution is 2.31. The Morgan fingerprint density at radius 1 is 1.04 bits per heavy atom. The van der Waals surface area contributed by atoms with E-state index >= 15 is 0 Å². The molecule has 7 heteroatoms. The van der Waals surface area contributed by atoms with Gasteiger partial charge in [-0.25, -0.2) is 9.78 Å². The third-order valence-corrected chi connectivity index (χ3v) is 3.69. The number of para-hydroxylation sites is 2. The molecule has 28 heavy (non-hydrogen) atoms. The molecule has 1 N–H and O–H groups in total. The Kier molecular flexibility index (Phi) is 5.96. The predicted octanol–water partition coefficient (Wildman–Crippen LogP) is 4.07. The number of hydrogen-bond donors (Lipinski definition) is 1. The zero-order valence-corrected chi connectivity index (χ0v) is 15.5. The Bertz CT molecular complexity index is 990. The van der Waals surface area contributed by atoms with Crippen LogP contribution in [0.4, 0.5) is 5.69 Å². The topological polar surface area (TPSA) is 90.4 Å². The minimum atomic E-state index is -0.589. The second-order valence-electron chi connectivity index (χ2n) is 5.78. The Labute approximate surface area is 162 Å². The number of rotatable bonds is 6. The maximum Gasteiger partial charge on any atom is 0.345 e. The van der Waals surface area contributed by atoms with Crippen LogP contribution >= 0.6 is 0 Å². The largest absolute Gasteiger partial charge is 0.462 e. The molecule has 3 aromatic rings. The van der Waals surface area contributed by atoms with Crippen LogP contribution in [0.1, 0.15) is 24.2 Å². The first-order chi connectivity index (χ1) is 13.6. The van der Waals surface area contributed by atoms with Crippen molar-refractivity contribution in [3.05, 3.63) is 66.4 Å². The van der Waals surface area contributed by atoms with Crippen molar-refractivity contribution in [3.8, 4) is 23.0 Å². The first kappa shape index (κ1) is 19.0. The van der Waals surface area contributed by atoms with Crippen molar-refractivity contribution >= 4 is 17.6 Å². The lowest BCUT2D eigenvalue weighted by Crippen LogP contribution is -2.10. The van der Waals surface area contributed by atoms with E-state index in [4.69, 9.17) is 9.47 Å². The van der Waals surface area contributed by atoms with Crippen molar-refractivity contribution in [1.29, 1.82) is 0 Å². The molecule has 0 spiro atoms. The van der Waals surface area contributed by atoms with Crippen molar-refractivity contribution in [2.45, 2.75) is 13.8 Å². The molecule has 0 fully saturated rings. The smallest absolute Gasteiger partial charge is 0.345 e. The molecule has 3 rings (SSSR count). The molecule has 0 unspecified atom stereocenters. The number of benzene rings is 2. The summed E-state index contributed by atoms with van der Waals surface area (Å²) in [5.74, 6) is -0.0322. The van der Waals surface area contributed by atoms with Gasteiger partial charge >= 0.3 is 5.97 Å². The number of carbonyl (C=O) groups excluding carboxylic acids is 2. The van der Waals surface area contributed by atoms with E-state index in [0.717, 1.165) is 5.56 Å². The second kappa shape index (κ2) is 8.77. The summed E-state index contributed by atoms with van der Waals surface area (Å²) >= 11 is 0. The van der Waals surface area contributed by atoms with Crippen molar-refractivity contribution in [1.82, 2.24) is 9.97 Å². The molecular weight excluding hydrogens is 358 g/mol. The molecule has 0 aliphatic heterocycles. The lowest BCUT2D eigenvalue weighted by atomic mass is 10.2. The van der Waals surface area contributed by atoms with Gasteiger partial charge in [0.15, 0.2) is 11.6 Å². The highest BCUT2D eigenvalue weighted by atomic mass is 16.5. The fourth-order valence-electron chi connectivity index (χ4n) is 2.47. The van der Waals surface area contributed by atoms with Crippen LogP contribution in [0.2, 0.25) is 0 Å². The second-order valence-corrected chi connectivity index (χ2v) is 5.78. The van der Waals surface area contributed by atoms with Crippen molar-refractivity contribution in [2.75, 3.05) is 11.9 Å². The number of amides is 1. The zero-order valence-electron chi connectivity index (χ0n) is 15.5. The number of nitrogens with one attached hydrogen (secondary N) is 1. The summed E-state index contributed by atoms with van der Waals surface area (Å²) in [6.45, 7) is 3.32. The van der Waals surface area contributed by atoms with Gasteiger partial charge < -0.3 is 14.8 Å². The normalized spacial score (nSPS) is 10.2. The fraction of sp³-hybridized carbons (Fsp3) is 0.143. The van der Waals surface area contributed by atoms with E-state index < -0.39 is 5.97 Å². The van der Waals surface area contributed by atoms with Crippen LogP contribution in [0.3, 0.4) is 0 Å². The van der Waals surface area contributed by atoms with Crippen LogP contribution in [-0.2, 0) is 9.53 Å². The summed E-state index contributed by atoms with van der Waals surface area (Å²) < 4.78 is 11.0. The van der Waals surface area contributed by atoms with Crippen LogP contribution in [0.25, 0.3) is 11.4 Å². The lowest BCUT2D eigenvalue weighted by molar-refractivity contribution is -0.114. The number of hydrogen-bond acceptors (Lipinski definition) is 6. The first-order valence-electron chi connectivity index (χ1n) is 8.72. The third-order valence-electron chi connectivity index (χ3n) is 3.69. The first-order valence-corrected chi connectivity index (χ1v) is 8.72. The van der Waals surface area contributed by atoms with Crippen molar-refractivity contribution < 1.29 is 19.1 Å². The molecule has 1 amide bonds. The SMILES string of the molecule is CCOC(=O)c1cnc(-c2ccccc2)nc1Oc1ccccc1NC(C)=O. The maximum atomic E-state index is 12.3. The number of anilines is 1. The van der Waals surface area contributed by atoms with Gasteiger partial charge in [0.2, 0.25) is 11.8 Å². The Morgan fingerprint density at radius 3 is 2.46 bits per heavy atom. The van der Waals surface area contributed by atoms with E-state index in [1.807, 2.05) is 30.3 Å². The predicted molar refractivity (Wildman–Crippen MR) is 104 cm³/mol. The van der Waals surface area contributed by atoms with Crippen LogP contribution in [-0.4, -0.2) is 28.5 Å². The monoisotopic (exact) mass is 377 g/mol. The minimum absolute atomic E-state index is 0.0464. The summed E-state index contributed by atoms with van der Waals surface area (Å²) in [7, 11) is 0. The highest BCUT2D eigenvalue weighted by Gasteiger charge is 2.19. The molecule has 7 nitrogen and oxygen atoms in total. The average molecular weight is 377 g/mol. The van der Waals surface area contributed by atoms with E-state index in [0.29, 0.717) is 17.3 Å². The number of nitrogens with zero attached hydrogens (tertiary/aromatic N) is 2. The van der Waals surface area contributed by atoms with Crippen LogP contribution < -0.4 is 10.1 Å². The van der Waals surface area contributed by atoms with E-state index in [1.165, 1.54) is 13.1 Å². The van der Waals surface area contributed by atoms with Gasteiger partial charge in [0, 0.05) is 18.7 Å². The fourth-order valence-corrected chi connectivity index (χ4v) is 2.47. The number of esters is 1. The van der Waals surface area contributed by atoms with Gasteiger partial charge in [-0.2, -0.15) is 4.98 Å². The third kappa shape index (κ3) is 4.50. The van der Waals surface area contributed by atoms with Gasteiger partial charge in [-0.3, -0.25) is 4.79 Å². The Morgan fingerprint density at radius 2 is 1.75 bits per heavy atom. The lowest BCUT2D eigenvalue weighted by Gasteiger charge is -2.13. The van der Waals surface area contributed by atoms with Crippen LogP contribution in [0.15, 0.2) is 60.8 Å². The van der Waals surface area contributed by atoms with Crippen LogP contribution in [0, 0.1) is 0 Å². The molecule has 2 aromatic carbocycles. The Hall–Kier alpha value is -3.74. The molecule has 0 radical (unpaired) electrons. The average Bonchev–Trinajstić information content (AvgIpc) is 2.70. The number of carbonyl (C=O) groups is 2. The molecule has 1 heterocycles. The molecule has 0 saturated heterocycles. The molecule has 0 atom stereocenters. The molecule has 0 bridgehead atoms. The van der Waals surface area contributed by atoms with Gasteiger partial charge in [-0.1, -0.05) is 42.5 Å². The highest BCUT2D eigenvalue weighted by molar-refractivity contribution is 5.92. The zero-order chi connectivity index (χ0) is 19.9. The number of aromatic nitrogens is 2. The van der Waals surface area contributed by atoms with Gasteiger partial charge in [-0.05, 0) is 19.1 Å². The quantitative estimate of drug-likeness (QED) is 0.651. The standard InChI is InChI=1S/C21H19N3O4/c1-3-27-21(26)16-13-22-19(15-9-5-4-6-10-15)24-20(16)28-18-12-8-7-11-17(18)23-14(2)25/h4-13H,3H2,1-2H3,(H,23,25). The molecule has 1 aromatic heterocycles. The molecular formula is C21H19N3O4. The van der Waals surface area contributed by atoms with Gasteiger partial charge in [0.25, 0.3) is 0 Å². The summed E-state index contributed by atoms with van der Waals surface area (Å²) in [4.78, 5) is 32.4. The van der Waals surface area contributed by atoms with Crippen molar-refractivity contribution in [3.63, 3.8) is 0 Å². The van der Waals surface area contributed by atoms with E-state index in [-0.39, 0.29) is 24.0 Å². The summed E-state index contributed by atoms with van der Waals surface area (Å²) in [5.41, 5.74) is 1.33. The molecule has 142 valence electrons. The molecule has 0 aliphatic rings. The maximum absolute atomic E-state index is 12.3. The van der Waals surface area contributed by atoms with Gasteiger partial charge in [-0.15, -0.1) is 0 Å². The summed E-state index contributed by atoms with van der Waals surface area (Å²) in [6, 6.07) is 16.2. The van der Waals surface area contributed by atoms with Gasteiger partial charge in [0.05, 0.1) is 12.3 Å². The summed E-state index contributed by atoms with van der Waals surface area (Å²) in [6.07, 6.45) is 1.38. The summed E-state index contributed by atoms with van der Waals surface area (Å²) in [5, 5.41) is 2.69. The van der Waals surface area contributed by atoms with Crippen molar-refractivity contribution in [2.24, 2.45) is 0 Å². The minimum Gasteiger partial charge on any atom is -0.462 e. The number of ether oxygens (including phenoxy) is 2. The van der Waals surface area contributed by atoms with E-state index in [9.17, 15) is 9.59 Å².